The van der Waals surface area contributed by atoms with Crippen LogP contribution in [0.5, 0.6) is 46.0 Å². The summed E-state index contributed by atoms with van der Waals surface area (Å²) in [6.45, 7) is 36.0. The number of aryl methyl sites for hydroxylation is 4. The maximum absolute atomic E-state index is 6.48. The molecule has 8 aliphatic heterocycles. The Kier molecular flexibility index (Phi) is 42.4. The number of hydrogen-bond acceptors (Lipinski definition) is 12. The minimum atomic E-state index is 0.741. The van der Waals surface area contributed by atoms with E-state index in [2.05, 4.69) is 92.4 Å². The summed E-state index contributed by atoms with van der Waals surface area (Å²) in [4.78, 5) is 17.4. The Morgan fingerprint density at radius 2 is 0.384 bits per heavy atom. The van der Waals surface area contributed by atoms with Crippen molar-refractivity contribution in [1.82, 2.24) is 19.6 Å². The van der Waals surface area contributed by atoms with Crippen molar-refractivity contribution < 1.29 is 57.5 Å². The average molecular weight is 1550 g/mol. The van der Waals surface area contributed by atoms with Gasteiger partial charge in [0.15, 0.2) is 46.0 Å². The van der Waals surface area contributed by atoms with E-state index in [1.807, 2.05) is 0 Å². The lowest BCUT2D eigenvalue weighted by Gasteiger charge is -2.26. The molecule has 8 saturated heterocycles. The first-order chi connectivity index (χ1) is 55.6. The van der Waals surface area contributed by atoms with Crippen LogP contribution in [0.2, 0.25) is 0 Å². The number of nitrogens with one attached hydrogen (secondary N) is 4. The van der Waals surface area contributed by atoms with Crippen LogP contribution in [0.4, 0.5) is 0 Å². The highest BCUT2D eigenvalue weighted by molar-refractivity contribution is 5.46. The number of hydrogen-bond donors (Lipinski definition) is 4. The maximum Gasteiger partial charge on any atom is 0.161 e. The largest absolute Gasteiger partial charge is 0.490 e. The Hall–Kier alpha value is -5.04. The Labute approximate surface area is 681 Å². The second-order valence-corrected chi connectivity index (χ2v) is 35.0. The lowest BCUT2D eigenvalue weighted by molar-refractivity contribution is -0.905. The lowest BCUT2D eigenvalue weighted by atomic mass is 10.0. The van der Waals surface area contributed by atoms with Gasteiger partial charge in [0.25, 0.3) is 0 Å². The van der Waals surface area contributed by atoms with Crippen LogP contribution >= 0.6 is 0 Å². The van der Waals surface area contributed by atoms with Crippen LogP contribution in [0.1, 0.15) is 253 Å². The first-order valence-corrected chi connectivity index (χ1v) is 47.3. The molecule has 0 bridgehead atoms. The van der Waals surface area contributed by atoms with Crippen molar-refractivity contribution in [3.8, 4) is 46.0 Å². The van der Waals surface area contributed by atoms with Gasteiger partial charge < -0.3 is 77.1 Å². The van der Waals surface area contributed by atoms with Gasteiger partial charge in [-0.25, -0.2) is 0 Å². The summed E-state index contributed by atoms with van der Waals surface area (Å²) >= 11 is 0. The van der Waals surface area contributed by atoms with Gasteiger partial charge in [-0.05, 0) is 329 Å². The number of likely N-dealkylation sites (tertiary alicyclic amines) is 8. The summed E-state index contributed by atoms with van der Waals surface area (Å²) in [7, 11) is 0. The van der Waals surface area contributed by atoms with Crippen LogP contribution in [0.15, 0.2) is 72.8 Å². The summed E-state index contributed by atoms with van der Waals surface area (Å²) in [5.74, 6) is 7.39. The second kappa shape index (κ2) is 54.0. The number of piperidine rings is 8. The topological polar surface area (TPSA) is 105 Å². The molecule has 0 spiro atoms. The van der Waals surface area contributed by atoms with Crippen LogP contribution in [0, 0.1) is 0 Å². The predicted octanol–water partition coefficient (Wildman–Crippen LogP) is 12.9. The van der Waals surface area contributed by atoms with Crippen molar-refractivity contribution in [2.75, 3.05) is 210 Å². The molecule has 8 aliphatic rings. The van der Waals surface area contributed by atoms with E-state index >= 15 is 0 Å². The first kappa shape index (κ1) is 87.8. The monoisotopic (exact) mass is 1550 g/mol. The normalized spacial score (nSPS) is 19.2. The van der Waals surface area contributed by atoms with Gasteiger partial charge in [0.2, 0.25) is 0 Å². The van der Waals surface area contributed by atoms with Crippen molar-refractivity contribution in [1.29, 1.82) is 0 Å². The lowest BCUT2D eigenvalue weighted by Crippen LogP contribution is -3.12. The third kappa shape index (κ3) is 34.6. The van der Waals surface area contributed by atoms with Gasteiger partial charge in [0, 0.05) is 51.9 Å². The number of rotatable bonds is 50. The quantitative estimate of drug-likeness (QED) is 0.0317. The molecule has 0 atom stereocenters. The molecule has 0 aliphatic carbocycles. The molecule has 0 amide bonds. The zero-order valence-electron chi connectivity index (χ0n) is 70.9. The molecular formula is C96H160N8O8+4. The molecular weight excluding hydrogens is 1390 g/mol. The summed E-state index contributed by atoms with van der Waals surface area (Å²) in [6.07, 6.45) is 50.3. The van der Waals surface area contributed by atoms with Gasteiger partial charge in [-0.3, -0.25) is 0 Å². The summed E-state index contributed by atoms with van der Waals surface area (Å²) in [6, 6.07) is 26.8. The number of benzene rings is 4. The minimum absolute atomic E-state index is 0.741. The van der Waals surface area contributed by atoms with E-state index in [0.717, 1.165) is 228 Å². The minimum Gasteiger partial charge on any atom is -0.490 e. The Bertz CT molecular complexity index is 2670. The van der Waals surface area contributed by atoms with Crippen molar-refractivity contribution >= 4 is 0 Å². The van der Waals surface area contributed by atoms with Crippen molar-refractivity contribution in [2.24, 2.45) is 0 Å². The molecule has 8 heterocycles. The molecule has 16 nitrogen and oxygen atoms in total. The van der Waals surface area contributed by atoms with E-state index in [-0.39, 0.29) is 0 Å². The molecule has 628 valence electrons. The van der Waals surface area contributed by atoms with E-state index in [4.69, 9.17) is 37.9 Å². The van der Waals surface area contributed by atoms with Gasteiger partial charge >= 0.3 is 0 Å². The van der Waals surface area contributed by atoms with Crippen LogP contribution in [0.3, 0.4) is 0 Å². The molecule has 4 aromatic carbocycles. The number of quaternary nitrogens is 4. The standard InChI is InChI=1S/2C48H78N4O4/c2*1-7-25-49(26-8-1)33-15-37-53-45-23-21-43(41-47(45)55-39-17-35-51-29-11-3-12-30-51)19-5-6-20-44-22-24-46(54-38-16-34-50-27-9-2-10-28-50)48(42-44)56-40-18-36-52-31-13-4-14-32-52/h2*21-24,41-42H,1-20,25-40H2/p+4. The zero-order valence-corrected chi connectivity index (χ0v) is 70.9. The number of nitrogens with zero attached hydrogens (tertiary/aromatic N) is 4. The molecule has 4 N–H and O–H groups in total. The smallest absolute Gasteiger partial charge is 0.161 e. The van der Waals surface area contributed by atoms with E-state index in [9.17, 15) is 0 Å². The third-order valence-electron chi connectivity index (χ3n) is 25.7. The predicted molar refractivity (Wildman–Crippen MR) is 459 cm³/mol. The van der Waals surface area contributed by atoms with E-state index in [1.54, 1.807) is 19.6 Å². The van der Waals surface area contributed by atoms with Gasteiger partial charge in [0.1, 0.15) is 0 Å². The highest BCUT2D eigenvalue weighted by Gasteiger charge is 2.22. The van der Waals surface area contributed by atoms with Crippen LogP contribution in [-0.4, -0.2) is 230 Å². The Morgan fingerprint density at radius 3 is 0.598 bits per heavy atom. The van der Waals surface area contributed by atoms with Crippen LogP contribution in [0.25, 0.3) is 0 Å². The molecule has 12 rings (SSSR count). The van der Waals surface area contributed by atoms with Gasteiger partial charge in [0.05, 0.1) is 131 Å². The molecule has 16 heteroatoms. The fourth-order valence-corrected chi connectivity index (χ4v) is 18.9. The first-order valence-electron chi connectivity index (χ1n) is 47.3. The Morgan fingerprint density at radius 1 is 0.196 bits per heavy atom. The molecule has 4 aromatic rings. The molecule has 0 unspecified atom stereocenters. The second-order valence-electron chi connectivity index (χ2n) is 35.0. The maximum atomic E-state index is 6.48. The fourth-order valence-electron chi connectivity index (χ4n) is 18.9. The molecule has 112 heavy (non-hydrogen) atoms. The summed E-state index contributed by atoms with van der Waals surface area (Å²) < 4.78 is 51.4. The number of unbranched alkanes of at least 4 members (excludes halogenated alkanes) is 2. The molecule has 8 fully saturated rings. The molecule has 0 saturated carbocycles. The van der Waals surface area contributed by atoms with E-state index in [0.29, 0.717) is 0 Å². The van der Waals surface area contributed by atoms with E-state index < -0.39 is 0 Å². The van der Waals surface area contributed by atoms with Crippen molar-refractivity contribution in [3.63, 3.8) is 0 Å². The summed E-state index contributed by atoms with van der Waals surface area (Å²) in [5.41, 5.74) is 5.37. The number of ether oxygens (including phenoxy) is 8. The van der Waals surface area contributed by atoms with Gasteiger partial charge in [-0.15, -0.1) is 0 Å². The zero-order chi connectivity index (χ0) is 76.6. The summed E-state index contributed by atoms with van der Waals surface area (Å²) in [5, 5.41) is 0. The highest BCUT2D eigenvalue weighted by atomic mass is 16.5. The highest BCUT2D eigenvalue weighted by Crippen LogP contribution is 2.34. The SMILES string of the molecule is c1cc(OCCCN2CCCCC2)c(OCCCN2CCCCC2)cc1CCCCc1ccc(OCCCN2CCCCC2)c(OCCCN2CCCCC2)c1.c1cc(OCCC[NH+]2CCCCC2)c(OCCC[NH+]2CCCCC2)cc1CCCCc1ccc(OCCC[NH+]2CCCCC2)c(OCCC[NH+]2CCCCC2)c1. The molecule has 0 radical (unpaired) electrons. The van der Waals surface area contributed by atoms with E-state index in [1.165, 1.54) is 307 Å². The van der Waals surface area contributed by atoms with Crippen LogP contribution in [-0.2, 0) is 25.7 Å². The Balaban J connectivity index is 0.000000221. The van der Waals surface area contributed by atoms with Crippen molar-refractivity contribution in [3.05, 3.63) is 95.1 Å². The fraction of sp³-hybridized carbons (Fsp3) is 0.750. The average Bonchev–Trinajstić information content (AvgIpc) is 0.868. The van der Waals surface area contributed by atoms with Crippen LogP contribution < -0.4 is 57.5 Å². The van der Waals surface area contributed by atoms with Crippen molar-refractivity contribution in [2.45, 2.75) is 257 Å². The third-order valence-corrected chi connectivity index (χ3v) is 25.7. The van der Waals surface area contributed by atoms with Gasteiger partial charge in [-0.1, -0.05) is 49.9 Å². The van der Waals surface area contributed by atoms with Gasteiger partial charge in [-0.2, -0.15) is 0 Å². The molecule has 0 aromatic heterocycles.